The Kier molecular flexibility index (Phi) is 4.42. The fraction of sp³-hybridized carbons (Fsp3) is 0.417. The summed E-state index contributed by atoms with van der Waals surface area (Å²) >= 11 is 0. The second-order valence-electron chi connectivity index (χ2n) is 4.08. The van der Waals surface area contributed by atoms with Gasteiger partial charge in [0.2, 0.25) is 10.0 Å². The van der Waals surface area contributed by atoms with Crippen LogP contribution in [0.1, 0.15) is 37.6 Å². The summed E-state index contributed by atoms with van der Waals surface area (Å²) in [5.41, 5.74) is 0.430. The zero-order chi connectivity index (χ0) is 13.1. The van der Waals surface area contributed by atoms with Crippen molar-refractivity contribution in [1.29, 1.82) is 0 Å². The van der Waals surface area contributed by atoms with Crippen LogP contribution in [0.3, 0.4) is 0 Å². The smallest absolute Gasteiger partial charge is 0.240 e. The summed E-state index contributed by atoms with van der Waals surface area (Å²) in [5.74, 6) is -0.0633. The Balaban J connectivity index is 3.12. The van der Waals surface area contributed by atoms with Gasteiger partial charge in [-0.15, -0.1) is 0 Å². The van der Waals surface area contributed by atoms with Crippen LogP contribution in [0.4, 0.5) is 0 Å². The van der Waals surface area contributed by atoms with Gasteiger partial charge in [-0.25, -0.2) is 13.1 Å². The molecule has 0 amide bonds. The first-order valence-electron chi connectivity index (χ1n) is 5.52. The Morgan fingerprint density at radius 2 is 2.00 bits per heavy atom. The van der Waals surface area contributed by atoms with Crippen LogP contribution in [0.2, 0.25) is 0 Å². The number of carbonyl (C=O) groups excluding carboxylic acids is 1. The SMILES string of the molecule is CCC(=O)c1cccc(S(=O)(=O)NC(C)C)c1. The highest BCUT2D eigenvalue weighted by Crippen LogP contribution is 2.13. The molecule has 0 aromatic heterocycles. The third-order valence-corrected chi connectivity index (χ3v) is 3.83. The van der Waals surface area contributed by atoms with Gasteiger partial charge in [-0.2, -0.15) is 0 Å². The van der Waals surface area contributed by atoms with E-state index < -0.39 is 10.0 Å². The number of ketones is 1. The van der Waals surface area contributed by atoms with E-state index in [1.807, 2.05) is 0 Å². The van der Waals surface area contributed by atoms with E-state index in [-0.39, 0.29) is 16.7 Å². The van der Waals surface area contributed by atoms with Crippen LogP contribution in [0.5, 0.6) is 0 Å². The molecule has 0 saturated heterocycles. The lowest BCUT2D eigenvalue weighted by atomic mass is 10.1. The highest BCUT2D eigenvalue weighted by atomic mass is 32.2. The highest BCUT2D eigenvalue weighted by Gasteiger charge is 2.16. The van der Waals surface area contributed by atoms with Gasteiger partial charge in [0.1, 0.15) is 0 Å². The van der Waals surface area contributed by atoms with Crippen molar-refractivity contribution in [2.75, 3.05) is 0 Å². The standard InChI is InChI=1S/C12H17NO3S/c1-4-12(14)10-6-5-7-11(8-10)17(15,16)13-9(2)3/h5-9,13H,4H2,1-3H3. The summed E-state index contributed by atoms with van der Waals surface area (Å²) in [5, 5.41) is 0. The lowest BCUT2D eigenvalue weighted by Crippen LogP contribution is -2.30. The molecule has 0 heterocycles. The minimum Gasteiger partial charge on any atom is -0.294 e. The molecule has 0 aliphatic heterocycles. The molecule has 94 valence electrons. The summed E-state index contributed by atoms with van der Waals surface area (Å²) < 4.78 is 26.2. The molecule has 0 unspecified atom stereocenters. The van der Waals surface area contributed by atoms with Crippen LogP contribution in [-0.4, -0.2) is 20.2 Å². The molecule has 5 heteroatoms. The van der Waals surface area contributed by atoms with Gasteiger partial charge in [-0.05, 0) is 26.0 Å². The van der Waals surface area contributed by atoms with Gasteiger partial charge in [0.05, 0.1) is 4.90 Å². The van der Waals surface area contributed by atoms with Gasteiger partial charge in [0.25, 0.3) is 0 Å². The Labute approximate surface area is 102 Å². The molecule has 1 aromatic rings. The quantitative estimate of drug-likeness (QED) is 0.818. The number of rotatable bonds is 5. The minimum atomic E-state index is -3.53. The van der Waals surface area contributed by atoms with Gasteiger partial charge >= 0.3 is 0 Å². The molecule has 0 atom stereocenters. The predicted octanol–water partition coefficient (Wildman–Crippen LogP) is 1.97. The lowest BCUT2D eigenvalue weighted by molar-refractivity contribution is 0.0988. The monoisotopic (exact) mass is 255 g/mol. The fourth-order valence-electron chi connectivity index (χ4n) is 1.42. The van der Waals surface area contributed by atoms with Gasteiger partial charge in [-0.3, -0.25) is 4.79 Å². The van der Waals surface area contributed by atoms with E-state index >= 15 is 0 Å². The molecule has 17 heavy (non-hydrogen) atoms. The van der Waals surface area contributed by atoms with Crippen molar-refractivity contribution in [2.24, 2.45) is 0 Å². The number of sulfonamides is 1. The van der Waals surface area contributed by atoms with E-state index in [1.54, 1.807) is 32.9 Å². The van der Waals surface area contributed by atoms with Crippen molar-refractivity contribution in [3.63, 3.8) is 0 Å². The van der Waals surface area contributed by atoms with Crippen LogP contribution in [-0.2, 0) is 10.0 Å². The largest absolute Gasteiger partial charge is 0.294 e. The van der Waals surface area contributed by atoms with E-state index in [9.17, 15) is 13.2 Å². The Hall–Kier alpha value is -1.20. The Morgan fingerprint density at radius 3 is 2.53 bits per heavy atom. The molecule has 1 rings (SSSR count). The van der Waals surface area contributed by atoms with Gasteiger partial charge in [0.15, 0.2) is 5.78 Å². The number of Topliss-reactive ketones (excluding diaryl/α,β-unsaturated/α-hetero) is 1. The van der Waals surface area contributed by atoms with Crippen molar-refractivity contribution in [2.45, 2.75) is 38.1 Å². The maximum absolute atomic E-state index is 11.9. The number of hydrogen-bond donors (Lipinski definition) is 1. The van der Waals surface area contributed by atoms with Crippen LogP contribution in [0.15, 0.2) is 29.2 Å². The maximum Gasteiger partial charge on any atom is 0.240 e. The predicted molar refractivity (Wildman–Crippen MR) is 66.5 cm³/mol. The average Bonchev–Trinajstić information content (AvgIpc) is 2.26. The summed E-state index contributed by atoms with van der Waals surface area (Å²) in [4.78, 5) is 11.6. The third-order valence-electron chi connectivity index (χ3n) is 2.18. The van der Waals surface area contributed by atoms with E-state index in [0.717, 1.165) is 0 Å². The molecule has 0 saturated carbocycles. The van der Waals surface area contributed by atoms with Crippen molar-refractivity contribution in [3.05, 3.63) is 29.8 Å². The van der Waals surface area contributed by atoms with E-state index in [0.29, 0.717) is 12.0 Å². The number of nitrogens with one attached hydrogen (secondary N) is 1. The summed E-state index contributed by atoms with van der Waals surface area (Å²) in [6.45, 7) is 5.24. The van der Waals surface area contributed by atoms with Crippen LogP contribution < -0.4 is 4.72 Å². The first kappa shape index (κ1) is 13.9. The minimum absolute atomic E-state index is 0.0633. The average molecular weight is 255 g/mol. The van der Waals surface area contributed by atoms with Crippen molar-refractivity contribution in [1.82, 2.24) is 4.72 Å². The van der Waals surface area contributed by atoms with Crippen LogP contribution >= 0.6 is 0 Å². The first-order chi connectivity index (χ1) is 7.86. The molecule has 0 radical (unpaired) electrons. The molecular formula is C12H17NO3S. The highest BCUT2D eigenvalue weighted by molar-refractivity contribution is 7.89. The van der Waals surface area contributed by atoms with Crippen LogP contribution in [0, 0.1) is 0 Å². The van der Waals surface area contributed by atoms with E-state index in [4.69, 9.17) is 0 Å². The second kappa shape index (κ2) is 5.42. The number of carbonyl (C=O) groups is 1. The Morgan fingerprint density at radius 1 is 1.35 bits per heavy atom. The van der Waals surface area contributed by atoms with Crippen molar-refractivity contribution >= 4 is 15.8 Å². The molecule has 4 nitrogen and oxygen atoms in total. The molecule has 0 spiro atoms. The molecule has 0 aliphatic carbocycles. The summed E-state index contributed by atoms with van der Waals surface area (Å²) in [7, 11) is -3.53. The van der Waals surface area contributed by atoms with Gasteiger partial charge < -0.3 is 0 Å². The zero-order valence-electron chi connectivity index (χ0n) is 10.2. The summed E-state index contributed by atoms with van der Waals surface area (Å²) in [6.07, 6.45) is 0.362. The van der Waals surface area contributed by atoms with Gasteiger partial charge in [0, 0.05) is 18.0 Å². The fourth-order valence-corrected chi connectivity index (χ4v) is 2.72. The van der Waals surface area contributed by atoms with E-state index in [2.05, 4.69) is 4.72 Å². The number of hydrogen-bond acceptors (Lipinski definition) is 3. The molecule has 0 aliphatic rings. The molecule has 1 N–H and O–H groups in total. The van der Waals surface area contributed by atoms with Crippen molar-refractivity contribution in [3.8, 4) is 0 Å². The van der Waals surface area contributed by atoms with Gasteiger partial charge in [-0.1, -0.05) is 19.1 Å². The zero-order valence-corrected chi connectivity index (χ0v) is 11.0. The molecular weight excluding hydrogens is 238 g/mol. The first-order valence-corrected chi connectivity index (χ1v) is 7.00. The topological polar surface area (TPSA) is 63.2 Å². The molecule has 0 fully saturated rings. The maximum atomic E-state index is 11.9. The summed E-state index contributed by atoms with van der Waals surface area (Å²) in [6, 6.07) is 5.93. The van der Waals surface area contributed by atoms with E-state index in [1.165, 1.54) is 12.1 Å². The second-order valence-corrected chi connectivity index (χ2v) is 5.79. The van der Waals surface area contributed by atoms with Crippen LogP contribution in [0.25, 0.3) is 0 Å². The Bertz CT molecular complexity index is 506. The lowest BCUT2D eigenvalue weighted by Gasteiger charge is -2.10. The van der Waals surface area contributed by atoms with Crippen molar-refractivity contribution < 1.29 is 13.2 Å². The molecule has 1 aromatic carbocycles. The molecule has 0 bridgehead atoms. The number of benzene rings is 1. The third kappa shape index (κ3) is 3.64. The normalized spacial score (nSPS) is 11.8.